The summed E-state index contributed by atoms with van der Waals surface area (Å²) in [6.07, 6.45) is -0.0964. The Morgan fingerprint density at radius 2 is 1.68 bits per heavy atom. The molecule has 0 fully saturated rings. The quantitative estimate of drug-likeness (QED) is 0.821. The van der Waals surface area contributed by atoms with Gasteiger partial charge in [0.25, 0.3) is 5.91 Å². The summed E-state index contributed by atoms with van der Waals surface area (Å²) in [6, 6.07) is 16.7. The molecule has 0 aliphatic carbocycles. The molecule has 28 heavy (non-hydrogen) atoms. The Balaban J connectivity index is 1.71. The highest BCUT2D eigenvalue weighted by molar-refractivity contribution is 5.86. The first-order valence-corrected chi connectivity index (χ1v) is 9.35. The number of rotatable bonds is 4. The van der Waals surface area contributed by atoms with Crippen molar-refractivity contribution in [2.45, 2.75) is 52.0 Å². The van der Waals surface area contributed by atoms with Crippen LogP contribution in [0.15, 0.2) is 54.6 Å². The van der Waals surface area contributed by atoms with Crippen LogP contribution in [-0.2, 0) is 33.9 Å². The third-order valence-electron chi connectivity index (χ3n) is 4.43. The van der Waals surface area contributed by atoms with Crippen LogP contribution in [0.1, 0.15) is 37.5 Å². The third-order valence-corrected chi connectivity index (χ3v) is 4.43. The zero-order valence-electron chi connectivity index (χ0n) is 16.5. The maximum absolute atomic E-state index is 12.8. The van der Waals surface area contributed by atoms with Crippen molar-refractivity contribution in [3.63, 3.8) is 0 Å². The van der Waals surface area contributed by atoms with Crippen LogP contribution in [0.2, 0.25) is 0 Å². The molecule has 1 aliphatic rings. The smallest absolute Gasteiger partial charge is 0.411 e. The second-order valence-corrected chi connectivity index (χ2v) is 7.84. The lowest BCUT2D eigenvalue weighted by Crippen LogP contribution is -2.53. The number of fused-ring (bicyclic) bond motifs is 1. The van der Waals surface area contributed by atoms with Gasteiger partial charge in [0.1, 0.15) is 11.6 Å². The van der Waals surface area contributed by atoms with Crippen molar-refractivity contribution in [2.75, 3.05) is 0 Å². The van der Waals surface area contributed by atoms with Gasteiger partial charge >= 0.3 is 6.09 Å². The second kappa shape index (κ2) is 8.44. The standard InChI is InChI=1S/C22H26N2O4/c1-22(2,3)28-21(26)24-14-18-12-8-7-11-17(18)13-19(24)20(25)23-27-15-16-9-5-4-6-10-16/h4-12,19H,13-15H2,1-3H3,(H,23,25)/t19-/m1/s1. The van der Waals surface area contributed by atoms with Gasteiger partial charge in [-0.3, -0.25) is 14.5 Å². The predicted molar refractivity (Wildman–Crippen MR) is 105 cm³/mol. The van der Waals surface area contributed by atoms with Crippen molar-refractivity contribution in [3.05, 3.63) is 71.3 Å². The summed E-state index contributed by atoms with van der Waals surface area (Å²) < 4.78 is 5.51. The van der Waals surface area contributed by atoms with Crippen LogP contribution in [0.3, 0.4) is 0 Å². The van der Waals surface area contributed by atoms with Crippen LogP contribution in [0.25, 0.3) is 0 Å². The number of benzene rings is 2. The minimum atomic E-state index is -0.694. The van der Waals surface area contributed by atoms with Gasteiger partial charge in [-0.1, -0.05) is 54.6 Å². The molecule has 6 heteroatoms. The fourth-order valence-electron chi connectivity index (χ4n) is 3.10. The number of hydrogen-bond acceptors (Lipinski definition) is 4. The van der Waals surface area contributed by atoms with Crippen LogP contribution < -0.4 is 5.48 Å². The summed E-state index contributed by atoms with van der Waals surface area (Å²) in [5.74, 6) is -0.365. The second-order valence-electron chi connectivity index (χ2n) is 7.84. The van der Waals surface area contributed by atoms with Crippen molar-refractivity contribution in [1.82, 2.24) is 10.4 Å². The van der Waals surface area contributed by atoms with Gasteiger partial charge in [0.2, 0.25) is 0 Å². The lowest BCUT2D eigenvalue weighted by atomic mass is 9.94. The topological polar surface area (TPSA) is 67.9 Å². The lowest BCUT2D eigenvalue weighted by Gasteiger charge is -2.36. The maximum atomic E-state index is 12.8. The number of carbonyl (C=O) groups is 2. The molecule has 1 aliphatic heterocycles. The summed E-state index contributed by atoms with van der Waals surface area (Å²) >= 11 is 0. The van der Waals surface area contributed by atoms with Gasteiger partial charge in [0, 0.05) is 6.42 Å². The predicted octanol–water partition coefficient (Wildman–Crippen LogP) is 3.60. The number of hydroxylamine groups is 1. The summed E-state index contributed by atoms with van der Waals surface area (Å²) in [4.78, 5) is 32.3. The van der Waals surface area contributed by atoms with Crippen LogP contribution in [0.5, 0.6) is 0 Å². The molecule has 0 saturated carbocycles. The molecule has 2 aromatic carbocycles. The average molecular weight is 382 g/mol. The van der Waals surface area contributed by atoms with Crippen molar-refractivity contribution in [3.8, 4) is 0 Å². The van der Waals surface area contributed by atoms with E-state index < -0.39 is 17.7 Å². The molecule has 0 bridgehead atoms. The van der Waals surface area contributed by atoms with E-state index in [1.54, 1.807) is 20.8 Å². The fraction of sp³-hybridized carbons (Fsp3) is 0.364. The van der Waals surface area contributed by atoms with Gasteiger partial charge in [-0.25, -0.2) is 10.3 Å². The number of hydrogen-bond donors (Lipinski definition) is 1. The van der Waals surface area contributed by atoms with Gasteiger partial charge in [-0.05, 0) is 37.5 Å². The molecule has 1 atom stereocenters. The molecule has 0 aromatic heterocycles. The number of ether oxygens (including phenoxy) is 1. The van der Waals surface area contributed by atoms with Gasteiger partial charge in [0.05, 0.1) is 13.2 Å². The summed E-state index contributed by atoms with van der Waals surface area (Å²) in [5.41, 5.74) is 4.86. The molecular formula is C22H26N2O4. The molecule has 3 rings (SSSR count). The summed E-state index contributed by atoms with van der Waals surface area (Å²) in [7, 11) is 0. The monoisotopic (exact) mass is 382 g/mol. The molecule has 148 valence electrons. The van der Waals surface area contributed by atoms with Gasteiger partial charge < -0.3 is 4.74 Å². The minimum absolute atomic E-state index is 0.252. The Hall–Kier alpha value is -2.86. The zero-order chi connectivity index (χ0) is 20.1. The Morgan fingerprint density at radius 3 is 2.36 bits per heavy atom. The Labute approximate surface area is 165 Å². The van der Waals surface area contributed by atoms with Crippen LogP contribution in [-0.4, -0.2) is 28.5 Å². The molecule has 0 saturated heterocycles. The van der Waals surface area contributed by atoms with Crippen molar-refractivity contribution in [2.24, 2.45) is 0 Å². The molecule has 6 nitrogen and oxygen atoms in total. The molecule has 2 amide bonds. The summed E-state index contributed by atoms with van der Waals surface area (Å²) in [6.45, 7) is 5.99. The highest BCUT2D eigenvalue weighted by Crippen LogP contribution is 2.25. The van der Waals surface area contributed by atoms with Gasteiger partial charge in [0.15, 0.2) is 0 Å². The van der Waals surface area contributed by atoms with E-state index in [1.165, 1.54) is 4.90 Å². The highest BCUT2D eigenvalue weighted by Gasteiger charge is 2.37. The Kier molecular flexibility index (Phi) is 5.99. The number of amides is 2. The number of carbonyl (C=O) groups excluding carboxylic acids is 2. The van der Waals surface area contributed by atoms with Crippen molar-refractivity contribution < 1.29 is 19.2 Å². The van der Waals surface area contributed by atoms with Crippen LogP contribution >= 0.6 is 0 Å². The fourth-order valence-corrected chi connectivity index (χ4v) is 3.10. The van der Waals surface area contributed by atoms with E-state index in [0.717, 1.165) is 16.7 Å². The van der Waals surface area contributed by atoms with Gasteiger partial charge in [-0.15, -0.1) is 0 Å². The van der Waals surface area contributed by atoms with E-state index in [1.807, 2.05) is 54.6 Å². The molecule has 1 N–H and O–H groups in total. The van der Waals surface area contributed by atoms with Gasteiger partial charge in [-0.2, -0.15) is 0 Å². The Bertz CT molecular complexity index is 830. The van der Waals surface area contributed by atoms with E-state index in [2.05, 4.69) is 5.48 Å². The molecule has 2 aromatic rings. The first kappa shape index (κ1) is 19.9. The largest absolute Gasteiger partial charge is 0.444 e. The maximum Gasteiger partial charge on any atom is 0.411 e. The van der Waals surface area contributed by atoms with Crippen LogP contribution in [0.4, 0.5) is 4.79 Å². The van der Waals surface area contributed by atoms with E-state index in [4.69, 9.17) is 9.57 Å². The number of nitrogens with zero attached hydrogens (tertiary/aromatic N) is 1. The normalized spacial score (nSPS) is 16.2. The van der Waals surface area contributed by atoms with Crippen molar-refractivity contribution >= 4 is 12.0 Å². The molecule has 0 unspecified atom stereocenters. The van der Waals surface area contributed by atoms with E-state index in [9.17, 15) is 9.59 Å². The van der Waals surface area contributed by atoms with Crippen LogP contribution in [0, 0.1) is 0 Å². The third kappa shape index (κ3) is 5.10. The number of nitrogens with one attached hydrogen (secondary N) is 1. The van der Waals surface area contributed by atoms with E-state index in [-0.39, 0.29) is 12.5 Å². The van der Waals surface area contributed by atoms with Crippen molar-refractivity contribution in [1.29, 1.82) is 0 Å². The lowest BCUT2D eigenvalue weighted by molar-refractivity contribution is -0.140. The first-order chi connectivity index (χ1) is 13.3. The SMILES string of the molecule is CC(C)(C)OC(=O)N1Cc2ccccc2C[C@@H]1C(=O)NOCc1ccccc1. The molecule has 0 radical (unpaired) electrons. The van der Waals surface area contributed by atoms with E-state index >= 15 is 0 Å². The summed E-state index contributed by atoms with van der Waals surface area (Å²) in [5, 5.41) is 0. The minimum Gasteiger partial charge on any atom is -0.444 e. The molecule has 0 spiro atoms. The highest BCUT2D eigenvalue weighted by atomic mass is 16.7. The first-order valence-electron chi connectivity index (χ1n) is 9.35. The molecular weight excluding hydrogens is 356 g/mol. The van der Waals surface area contributed by atoms with E-state index in [0.29, 0.717) is 13.0 Å². The Morgan fingerprint density at radius 1 is 1.04 bits per heavy atom. The molecule has 1 heterocycles. The average Bonchev–Trinajstić information content (AvgIpc) is 2.66. The zero-order valence-corrected chi connectivity index (χ0v) is 16.5.